The van der Waals surface area contributed by atoms with Gasteiger partial charge in [0.25, 0.3) is 0 Å². The second kappa shape index (κ2) is 3.00. The molecule has 0 amide bonds. The highest BCUT2D eigenvalue weighted by Gasteiger charge is 2.40. The Hall–Kier alpha value is -0.0800. The summed E-state index contributed by atoms with van der Waals surface area (Å²) in [7, 11) is 0. The van der Waals surface area contributed by atoms with Gasteiger partial charge in [0.1, 0.15) is 0 Å². The maximum absolute atomic E-state index is 5.66. The predicted molar refractivity (Wildman–Crippen MR) is 51.3 cm³/mol. The van der Waals surface area contributed by atoms with Gasteiger partial charge in [-0.25, -0.2) is 0 Å². The third-order valence-electron chi connectivity index (χ3n) is 3.09. The van der Waals surface area contributed by atoms with Crippen LogP contribution in [0.5, 0.6) is 0 Å². The summed E-state index contributed by atoms with van der Waals surface area (Å²) < 4.78 is 5.66. The minimum Gasteiger partial charge on any atom is -0.375 e. The lowest BCUT2D eigenvalue weighted by atomic mass is 9.74. The van der Waals surface area contributed by atoms with E-state index < -0.39 is 0 Å². The molecule has 1 rings (SSSR count). The molecular formula is C10H21NO. The molecule has 72 valence electrons. The highest BCUT2D eigenvalue weighted by molar-refractivity contribution is 4.96. The molecule has 0 aliphatic carbocycles. The molecule has 1 aliphatic heterocycles. The van der Waals surface area contributed by atoms with E-state index in [-0.39, 0.29) is 11.0 Å². The van der Waals surface area contributed by atoms with Crippen LogP contribution >= 0.6 is 0 Å². The highest BCUT2D eigenvalue weighted by Crippen LogP contribution is 2.32. The van der Waals surface area contributed by atoms with Crippen molar-refractivity contribution in [1.82, 2.24) is 5.32 Å². The fourth-order valence-electron chi connectivity index (χ4n) is 1.27. The van der Waals surface area contributed by atoms with Gasteiger partial charge in [0.15, 0.2) is 0 Å². The minimum absolute atomic E-state index is 0.125. The van der Waals surface area contributed by atoms with Crippen molar-refractivity contribution in [2.24, 2.45) is 5.41 Å². The molecule has 0 aromatic heterocycles. The molecule has 1 fully saturated rings. The normalized spacial score (nSPS) is 38.2. The van der Waals surface area contributed by atoms with E-state index in [4.69, 9.17) is 4.74 Å². The number of morpholine rings is 1. The zero-order valence-corrected chi connectivity index (χ0v) is 8.90. The first-order chi connectivity index (χ1) is 5.35. The van der Waals surface area contributed by atoms with Crippen LogP contribution in [0, 0.1) is 5.41 Å². The summed E-state index contributed by atoms with van der Waals surface area (Å²) in [4.78, 5) is 0. The van der Waals surface area contributed by atoms with Gasteiger partial charge in [-0.1, -0.05) is 20.8 Å². The summed E-state index contributed by atoms with van der Waals surface area (Å²) in [6.45, 7) is 12.9. The maximum atomic E-state index is 5.66. The fourth-order valence-corrected chi connectivity index (χ4v) is 1.27. The van der Waals surface area contributed by atoms with E-state index in [1.54, 1.807) is 0 Å². The third kappa shape index (κ3) is 1.80. The molecule has 12 heavy (non-hydrogen) atoms. The van der Waals surface area contributed by atoms with Crippen LogP contribution in [0.25, 0.3) is 0 Å². The molecule has 2 heteroatoms. The van der Waals surface area contributed by atoms with Crippen molar-refractivity contribution in [1.29, 1.82) is 0 Å². The van der Waals surface area contributed by atoms with Gasteiger partial charge in [0.2, 0.25) is 0 Å². The first-order valence-electron chi connectivity index (χ1n) is 4.72. The number of hydrogen-bond acceptors (Lipinski definition) is 2. The SMILES string of the molecule is CC1CNC(C)(C(C)(C)C)CO1. The lowest BCUT2D eigenvalue weighted by Gasteiger charge is -2.46. The van der Waals surface area contributed by atoms with Crippen LogP contribution in [0.2, 0.25) is 0 Å². The quantitative estimate of drug-likeness (QED) is 0.600. The average Bonchev–Trinajstić information content (AvgIpc) is 1.93. The zero-order chi connectivity index (χ0) is 9.41. The molecule has 0 saturated carbocycles. The fraction of sp³-hybridized carbons (Fsp3) is 1.00. The van der Waals surface area contributed by atoms with Crippen LogP contribution < -0.4 is 5.32 Å². The smallest absolute Gasteiger partial charge is 0.0672 e. The monoisotopic (exact) mass is 171 g/mol. The summed E-state index contributed by atoms with van der Waals surface area (Å²) in [6.07, 6.45) is 0.362. The van der Waals surface area contributed by atoms with Crippen LogP contribution in [0.3, 0.4) is 0 Å². The van der Waals surface area contributed by atoms with E-state index in [0.717, 1.165) is 13.2 Å². The molecular weight excluding hydrogens is 150 g/mol. The molecule has 0 bridgehead atoms. The van der Waals surface area contributed by atoms with E-state index in [9.17, 15) is 0 Å². The summed E-state index contributed by atoms with van der Waals surface area (Å²) in [6, 6.07) is 0. The third-order valence-corrected chi connectivity index (χ3v) is 3.09. The Labute approximate surface area is 75.7 Å². The molecule has 1 aliphatic rings. The van der Waals surface area contributed by atoms with Crippen molar-refractivity contribution in [3.05, 3.63) is 0 Å². The number of hydrogen-bond donors (Lipinski definition) is 1. The lowest BCUT2D eigenvalue weighted by molar-refractivity contribution is -0.0558. The Morgan fingerprint density at radius 1 is 1.42 bits per heavy atom. The van der Waals surface area contributed by atoms with Crippen molar-refractivity contribution in [3.63, 3.8) is 0 Å². The number of nitrogens with one attached hydrogen (secondary N) is 1. The molecule has 1 saturated heterocycles. The van der Waals surface area contributed by atoms with Crippen LogP contribution in [0.1, 0.15) is 34.6 Å². The molecule has 2 atom stereocenters. The molecule has 0 radical (unpaired) electrons. The van der Waals surface area contributed by atoms with E-state index in [0.29, 0.717) is 6.10 Å². The first-order valence-corrected chi connectivity index (χ1v) is 4.72. The Kier molecular flexibility index (Phi) is 2.50. The average molecular weight is 171 g/mol. The molecule has 0 spiro atoms. The first kappa shape index (κ1) is 10.0. The second-order valence-electron chi connectivity index (χ2n) is 5.08. The van der Waals surface area contributed by atoms with Gasteiger partial charge in [-0.15, -0.1) is 0 Å². The topological polar surface area (TPSA) is 21.3 Å². The van der Waals surface area contributed by atoms with Gasteiger partial charge >= 0.3 is 0 Å². The number of rotatable bonds is 0. The largest absolute Gasteiger partial charge is 0.375 e. The minimum atomic E-state index is 0.125. The molecule has 1 heterocycles. The van der Waals surface area contributed by atoms with Crippen molar-refractivity contribution in [2.45, 2.75) is 46.3 Å². The van der Waals surface area contributed by atoms with E-state index in [2.05, 4.69) is 39.9 Å². The van der Waals surface area contributed by atoms with Crippen molar-refractivity contribution < 1.29 is 4.74 Å². The summed E-state index contributed by atoms with van der Waals surface area (Å²) >= 11 is 0. The molecule has 0 aromatic carbocycles. The van der Waals surface area contributed by atoms with Gasteiger partial charge in [-0.2, -0.15) is 0 Å². The van der Waals surface area contributed by atoms with E-state index >= 15 is 0 Å². The molecule has 0 aromatic rings. The Morgan fingerprint density at radius 2 is 2.00 bits per heavy atom. The van der Waals surface area contributed by atoms with Gasteiger partial charge in [0.05, 0.1) is 12.7 Å². The van der Waals surface area contributed by atoms with Crippen molar-refractivity contribution in [2.75, 3.05) is 13.2 Å². The van der Waals surface area contributed by atoms with Gasteiger partial charge in [-0.05, 0) is 19.3 Å². The maximum Gasteiger partial charge on any atom is 0.0672 e. The van der Waals surface area contributed by atoms with Crippen LogP contribution in [-0.4, -0.2) is 24.8 Å². The molecule has 2 unspecified atom stereocenters. The predicted octanol–water partition coefficient (Wildman–Crippen LogP) is 1.80. The van der Waals surface area contributed by atoms with E-state index in [1.165, 1.54) is 0 Å². The van der Waals surface area contributed by atoms with Crippen LogP contribution in [0.4, 0.5) is 0 Å². The van der Waals surface area contributed by atoms with Gasteiger partial charge < -0.3 is 10.1 Å². The van der Waals surface area contributed by atoms with Gasteiger partial charge in [-0.3, -0.25) is 0 Å². The Morgan fingerprint density at radius 3 is 2.33 bits per heavy atom. The van der Waals surface area contributed by atoms with Gasteiger partial charge in [0, 0.05) is 12.1 Å². The summed E-state index contributed by atoms with van der Waals surface area (Å²) in [5.74, 6) is 0. The highest BCUT2D eigenvalue weighted by atomic mass is 16.5. The summed E-state index contributed by atoms with van der Waals surface area (Å²) in [5, 5.41) is 3.56. The lowest BCUT2D eigenvalue weighted by Crippen LogP contribution is -2.61. The molecule has 1 N–H and O–H groups in total. The van der Waals surface area contributed by atoms with Crippen LogP contribution in [0.15, 0.2) is 0 Å². The van der Waals surface area contributed by atoms with Crippen LogP contribution in [-0.2, 0) is 4.74 Å². The Balaban J connectivity index is 2.62. The molecule has 2 nitrogen and oxygen atoms in total. The summed E-state index contributed by atoms with van der Waals surface area (Å²) in [5.41, 5.74) is 0.382. The van der Waals surface area contributed by atoms with Crippen molar-refractivity contribution >= 4 is 0 Å². The zero-order valence-electron chi connectivity index (χ0n) is 8.90. The second-order valence-corrected chi connectivity index (χ2v) is 5.08. The Bertz CT molecular complexity index is 152. The number of ether oxygens (including phenoxy) is 1. The van der Waals surface area contributed by atoms with E-state index in [1.807, 2.05) is 0 Å². The standard InChI is InChI=1S/C10H21NO/c1-8-6-11-10(5,7-12-8)9(2,3)4/h8,11H,6-7H2,1-5H3. The van der Waals surface area contributed by atoms with Crippen molar-refractivity contribution in [3.8, 4) is 0 Å².